The van der Waals surface area contributed by atoms with Crippen LogP contribution in [-0.2, 0) is 14.4 Å². The summed E-state index contributed by atoms with van der Waals surface area (Å²) in [5, 5.41) is 0. The number of hydrogen-bond acceptors (Lipinski definition) is 4. The van der Waals surface area contributed by atoms with Crippen LogP contribution in [0.25, 0.3) is 0 Å². The second-order valence-corrected chi connectivity index (χ2v) is 2.72. The summed E-state index contributed by atoms with van der Waals surface area (Å²) in [6.45, 7) is 4.10. The summed E-state index contributed by atoms with van der Waals surface area (Å²) in [6.07, 6.45) is -0.553. The predicted molar refractivity (Wildman–Crippen MR) is 42.1 cm³/mol. The molecule has 0 aromatic carbocycles. The Morgan fingerprint density at radius 1 is 1.58 bits per heavy atom. The molecule has 0 aromatic rings. The molecule has 0 saturated carbocycles. The Hall–Kier alpha value is -0.650. The molecule has 2 N–H and O–H groups in total. The minimum Gasteiger partial charge on any atom is -0.378 e. The number of morpholine rings is 1. The minimum atomic E-state index is -0.553. The van der Waals surface area contributed by atoms with Gasteiger partial charge in [0.05, 0.1) is 13.2 Å². The smallest absolute Gasteiger partial charge is 0.253 e. The van der Waals surface area contributed by atoms with E-state index in [9.17, 15) is 4.79 Å². The average Bonchev–Trinajstić information content (AvgIpc) is 2.17. The van der Waals surface area contributed by atoms with Crippen LogP contribution in [0, 0.1) is 0 Å². The first-order valence-corrected chi connectivity index (χ1v) is 3.97. The largest absolute Gasteiger partial charge is 0.378 e. The van der Waals surface area contributed by atoms with E-state index in [0.717, 1.165) is 0 Å². The van der Waals surface area contributed by atoms with Crippen molar-refractivity contribution in [2.45, 2.75) is 13.0 Å². The van der Waals surface area contributed by atoms with Gasteiger partial charge in [-0.3, -0.25) is 9.63 Å². The molecule has 0 bridgehead atoms. The lowest BCUT2D eigenvalue weighted by atomic mass is 10.3. The van der Waals surface area contributed by atoms with Gasteiger partial charge in [-0.25, -0.2) is 5.90 Å². The SMILES string of the molecule is CC(ON)C(=O)N1CCOCC1. The zero-order valence-corrected chi connectivity index (χ0v) is 7.16. The standard InChI is InChI=1S/C7H14N2O3/c1-6(12-8)7(10)9-2-4-11-5-3-9/h6H,2-5,8H2,1H3. The Labute approximate surface area is 71.4 Å². The van der Waals surface area contributed by atoms with E-state index in [0.29, 0.717) is 26.3 Å². The van der Waals surface area contributed by atoms with Crippen LogP contribution in [0.2, 0.25) is 0 Å². The van der Waals surface area contributed by atoms with Crippen molar-refractivity contribution in [3.05, 3.63) is 0 Å². The first-order chi connectivity index (χ1) is 5.75. The van der Waals surface area contributed by atoms with Crippen LogP contribution >= 0.6 is 0 Å². The molecule has 5 heteroatoms. The van der Waals surface area contributed by atoms with E-state index in [-0.39, 0.29) is 5.91 Å². The maximum absolute atomic E-state index is 11.4. The third-order valence-electron chi connectivity index (χ3n) is 1.87. The van der Waals surface area contributed by atoms with Crippen LogP contribution in [0.15, 0.2) is 0 Å². The lowest BCUT2D eigenvalue weighted by Gasteiger charge is -2.28. The molecule has 0 aliphatic carbocycles. The van der Waals surface area contributed by atoms with E-state index in [4.69, 9.17) is 10.6 Å². The summed E-state index contributed by atoms with van der Waals surface area (Å²) in [4.78, 5) is 17.5. The van der Waals surface area contributed by atoms with Gasteiger partial charge in [0.2, 0.25) is 0 Å². The molecule has 0 aromatic heterocycles. The van der Waals surface area contributed by atoms with Crippen LogP contribution in [0.4, 0.5) is 0 Å². The van der Waals surface area contributed by atoms with Crippen molar-refractivity contribution < 1.29 is 14.4 Å². The van der Waals surface area contributed by atoms with Crippen LogP contribution < -0.4 is 5.90 Å². The van der Waals surface area contributed by atoms with Crippen LogP contribution in [0.3, 0.4) is 0 Å². The zero-order valence-electron chi connectivity index (χ0n) is 7.16. The molecule has 12 heavy (non-hydrogen) atoms. The van der Waals surface area contributed by atoms with E-state index in [1.54, 1.807) is 11.8 Å². The fraction of sp³-hybridized carbons (Fsp3) is 0.857. The summed E-state index contributed by atoms with van der Waals surface area (Å²) >= 11 is 0. The molecule has 1 aliphatic heterocycles. The second kappa shape index (κ2) is 4.39. The van der Waals surface area contributed by atoms with Crippen LogP contribution in [-0.4, -0.2) is 43.2 Å². The number of nitrogens with two attached hydrogens (primary N) is 1. The van der Waals surface area contributed by atoms with Crippen molar-refractivity contribution in [2.24, 2.45) is 5.90 Å². The number of hydrogen-bond donors (Lipinski definition) is 1. The second-order valence-electron chi connectivity index (χ2n) is 2.72. The van der Waals surface area contributed by atoms with Crippen molar-refractivity contribution in [1.82, 2.24) is 4.90 Å². The molecule has 1 saturated heterocycles. The maximum Gasteiger partial charge on any atom is 0.253 e. The summed E-state index contributed by atoms with van der Waals surface area (Å²) in [7, 11) is 0. The Morgan fingerprint density at radius 2 is 2.17 bits per heavy atom. The predicted octanol–water partition coefficient (Wildman–Crippen LogP) is -0.876. The fourth-order valence-corrected chi connectivity index (χ4v) is 1.10. The van der Waals surface area contributed by atoms with Gasteiger partial charge < -0.3 is 9.64 Å². The Kier molecular flexibility index (Phi) is 3.46. The highest BCUT2D eigenvalue weighted by atomic mass is 16.6. The van der Waals surface area contributed by atoms with Gasteiger partial charge in [0, 0.05) is 13.1 Å². The summed E-state index contributed by atoms with van der Waals surface area (Å²) < 4.78 is 5.10. The molecule has 0 radical (unpaired) electrons. The number of carbonyl (C=O) groups excluding carboxylic acids is 1. The van der Waals surface area contributed by atoms with E-state index in [1.165, 1.54) is 0 Å². The summed E-state index contributed by atoms with van der Waals surface area (Å²) in [5.41, 5.74) is 0. The van der Waals surface area contributed by atoms with Gasteiger partial charge >= 0.3 is 0 Å². The van der Waals surface area contributed by atoms with Crippen molar-refractivity contribution >= 4 is 5.91 Å². The monoisotopic (exact) mass is 174 g/mol. The first-order valence-electron chi connectivity index (χ1n) is 3.97. The van der Waals surface area contributed by atoms with Gasteiger partial charge in [-0.2, -0.15) is 0 Å². The van der Waals surface area contributed by atoms with Crippen LogP contribution in [0.5, 0.6) is 0 Å². The highest BCUT2D eigenvalue weighted by molar-refractivity contribution is 5.80. The van der Waals surface area contributed by atoms with Gasteiger partial charge in [0.1, 0.15) is 0 Å². The van der Waals surface area contributed by atoms with Crippen molar-refractivity contribution in [1.29, 1.82) is 0 Å². The first kappa shape index (κ1) is 9.44. The molecule has 0 spiro atoms. The van der Waals surface area contributed by atoms with Crippen molar-refractivity contribution in [3.63, 3.8) is 0 Å². The highest BCUT2D eigenvalue weighted by Gasteiger charge is 2.22. The molecule has 1 amide bonds. The highest BCUT2D eigenvalue weighted by Crippen LogP contribution is 2.01. The van der Waals surface area contributed by atoms with E-state index in [2.05, 4.69) is 4.84 Å². The van der Waals surface area contributed by atoms with Gasteiger partial charge in [0.25, 0.3) is 5.91 Å². The van der Waals surface area contributed by atoms with Gasteiger partial charge in [0.15, 0.2) is 6.10 Å². The molecule has 5 nitrogen and oxygen atoms in total. The molecule has 70 valence electrons. The number of ether oxygens (including phenoxy) is 1. The van der Waals surface area contributed by atoms with Gasteiger partial charge in [-0.1, -0.05) is 0 Å². The lowest BCUT2D eigenvalue weighted by molar-refractivity contribution is -0.146. The number of carbonyl (C=O) groups is 1. The zero-order chi connectivity index (χ0) is 8.97. The van der Waals surface area contributed by atoms with Gasteiger partial charge in [-0.05, 0) is 6.92 Å². The Balaban J connectivity index is 2.39. The number of rotatable bonds is 2. The molecule has 1 unspecified atom stereocenters. The van der Waals surface area contributed by atoms with E-state index in [1.807, 2.05) is 0 Å². The molecule has 1 heterocycles. The number of amides is 1. The van der Waals surface area contributed by atoms with Crippen molar-refractivity contribution in [3.8, 4) is 0 Å². The lowest BCUT2D eigenvalue weighted by Crippen LogP contribution is -2.46. The maximum atomic E-state index is 11.4. The molecule has 1 rings (SSSR count). The molecule has 1 atom stereocenters. The fourth-order valence-electron chi connectivity index (χ4n) is 1.10. The Bertz CT molecular complexity index is 157. The molecule has 1 fully saturated rings. The molecular weight excluding hydrogens is 160 g/mol. The topological polar surface area (TPSA) is 64.8 Å². The minimum absolute atomic E-state index is 0.0687. The van der Waals surface area contributed by atoms with E-state index >= 15 is 0 Å². The number of nitrogens with zero attached hydrogens (tertiary/aromatic N) is 1. The van der Waals surface area contributed by atoms with Crippen molar-refractivity contribution in [2.75, 3.05) is 26.3 Å². The third-order valence-corrected chi connectivity index (χ3v) is 1.87. The third kappa shape index (κ3) is 2.17. The van der Waals surface area contributed by atoms with Crippen LogP contribution in [0.1, 0.15) is 6.92 Å². The average molecular weight is 174 g/mol. The quantitative estimate of drug-likeness (QED) is 0.552. The molecular formula is C7H14N2O3. The normalized spacial score (nSPS) is 20.7. The van der Waals surface area contributed by atoms with Gasteiger partial charge in [-0.15, -0.1) is 0 Å². The van der Waals surface area contributed by atoms with E-state index < -0.39 is 6.10 Å². The Morgan fingerprint density at radius 3 is 2.67 bits per heavy atom. The summed E-state index contributed by atoms with van der Waals surface area (Å²) in [5.74, 6) is 4.83. The molecule has 1 aliphatic rings. The summed E-state index contributed by atoms with van der Waals surface area (Å²) in [6, 6.07) is 0.